The van der Waals surface area contributed by atoms with Crippen LogP contribution in [0.2, 0.25) is 0 Å². The van der Waals surface area contributed by atoms with Crippen molar-refractivity contribution in [3.8, 4) is 0 Å². The lowest BCUT2D eigenvalue weighted by Crippen LogP contribution is -2.39. The third-order valence-electron chi connectivity index (χ3n) is 4.53. The number of alkyl halides is 3. The van der Waals surface area contributed by atoms with E-state index in [0.29, 0.717) is 30.6 Å². The summed E-state index contributed by atoms with van der Waals surface area (Å²) in [6, 6.07) is 3.38. The summed E-state index contributed by atoms with van der Waals surface area (Å²) in [5.41, 5.74) is 0.236. The van der Waals surface area contributed by atoms with E-state index in [2.05, 4.69) is 0 Å². The van der Waals surface area contributed by atoms with Gasteiger partial charge in [-0.05, 0) is 36.6 Å². The van der Waals surface area contributed by atoms with E-state index in [4.69, 9.17) is 0 Å². The zero-order valence-corrected chi connectivity index (χ0v) is 13.4. The number of imide groups is 1. The van der Waals surface area contributed by atoms with Crippen LogP contribution < -0.4 is 4.90 Å². The molecule has 3 rings (SSSR count). The molecule has 5 nitrogen and oxygen atoms in total. The number of anilines is 1. The number of aryl methyl sites for hydroxylation is 1. The van der Waals surface area contributed by atoms with Crippen molar-refractivity contribution in [2.75, 3.05) is 18.0 Å². The molecule has 1 aromatic carbocycles. The van der Waals surface area contributed by atoms with Gasteiger partial charge in [-0.25, -0.2) is 0 Å². The van der Waals surface area contributed by atoms with E-state index in [9.17, 15) is 27.6 Å². The molecule has 2 aliphatic heterocycles. The van der Waals surface area contributed by atoms with Gasteiger partial charge in [0.1, 0.15) is 0 Å². The van der Waals surface area contributed by atoms with Crippen LogP contribution in [0, 0.1) is 0 Å². The van der Waals surface area contributed by atoms with Gasteiger partial charge in [0, 0.05) is 38.0 Å². The Labute approximate surface area is 142 Å². The minimum Gasteiger partial charge on any atom is -0.312 e. The zero-order valence-electron chi connectivity index (χ0n) is 13.4. The first-order valence-corrected chi connectivity index (χ1v) is 8.11. The molecule has 0 N–H and O–H groups in total. The number of likely N-dealkylation sites (tertiary alicyclic amines) is 1. The third-order valence-corrected chi connectivity index (χ3v) is 4.53. The predicted molar refractivity (Wildman–Crippen MR) is 82.7 cm³/mol. The monoisotopic (exact) mass is 354 g/mol. The summed E-state index contributed by atoms with van der Waals surface area (Å²) in [5.74, 6) is -0.869. The highest BCUT2D eigenvalue weighted by molar-refractivity contribution is 6.02. The lowest BCUT2D eigenvalue weighted by Gasteiger charge is -2.30. The van der Waals surface area contributed by atoms with Gasteiger partial charge in [0.25, 0.3) is 0 Å². The number of carbonyl (C=O) groups excluding carboxylic acids is 3. The molecule has 1 fully saturated rings. The van der Waals surface area contributed by atoms with Crippen molar-refractivity contribution < 1.29 is 27.6 Å². The van der Waals surface area contributed by atoms with Gasteiger partial charge in [0.15, 0.2) is 0 Å². The number of fused-ring (bicyclic) bond motifs is 1. The standard InChI is InChI=1S/C17H17F3N2O3/c18-17(19,20)12-3-4-13-11(10-12)2-1-8-21(13)16(25)7-9-22-14(23)5-6-15(22)24/h3-4,10H,1-2,5-9H2. The molecule has 0 bridgehead atoms. The fraction of sp³-hybridized carbons (Fsp3) is 0.471. The molecule has 0 unspecified atom stereocenters. The molecule has 0 atom stereocenters. The van der Waals surface area contributed by atoms with Crippen molar-refractivity contribution in [1.29, 1.82) is 0 Å². The minimum absolute atomic E-state index is 0.0168. The molecule has 2 aliphatic rings. The van der Waals surface area contributed by atoms with E-state index in [0.717, 1.165) is 17.0 Å². The number of hydrogen-bond donors (Lipinski definition) is 0. The van der Waals surface area contributed by atoms with Crippen LogP contribution in [0.15, 0.2) is 18.2 Å². The SMILES string of the molecule is O=C1CCC(=O)N1CCC(=O)N1CCCc2cc(C(F)(F)F)ccc21. The van der Waals surface area contributed by atoms with Crippen LogP contribution in [0.3, 0.4) is 0 Å². The zero-order chi connectivity index (χ0) is 18.2. The Hall–Kier alpha value is -2.38. The van der Waals surface area contributed by atoms with Crippen LogP contribution in [0.4, 0.5) is 18.9 Å². The summed E-state index contributed by atoms with van der Waals surface area (Å²) in [7, 11) is 0. The normalized spacial score (nSPS) is 17.9. The summed E-state index contributed by atoms with van der Waals surface area (Å²) in [6.45, 7) is 0.433. The predicted octanol–water partition coefficient (Wildman–Crippen LogP) is 2.52. The topological polar surface area (TPSA) is 57.7 Å². The van der Waals surface area contributed by atoms with Gasteiger partial charge in [-0.1, -0.05) is 0 Å². The quantitative estimate of drug-likeness (QED) is 0.784. The van der Waals surface area contributed by atoms with Crippen molar-refractivity contribution >= 4 is 23.4 Å². The number of nitrogens with zero attached hydrogens (tertiary/aromatic N) is 2. The lowest BCUT2D eigenvalue weighted by molar-refractivity contribution is -0.139. The molecular formula is C17H17F3N2O3. The second kappa shape index (κ2) is 6.50. The second-order valence-corrected chi connectivity index (χ2v) is 6.18. The minimum atomic E-state index is -4.42. The van der Waals surface area contributed by atoms with Gasteiger partial charge in [-0.3, -0.25) is 19.3 Å². The molecule has 2 heterocycles. The van der Waals surface area contributed by atoms with Crippen molar-refractivity contribution in [2.24, 2.45) is 0 Å². The van der Waals surface area contributed by atoms with Gasteiger partial charge in [0.2, 0.25) is 17.7 Å². The first kappa shape index (κ1) is 17.4. The number of carbonyl (C=O) groups is 3. The number of benzene rings is 1. The molecule has 0 saturated carbocycles. The van der Waals surface area contributed by atoms with Crippen molar-refractivity contribution in [1.82, 2.24) is 4.90 Å². The Morgan fingerprint density at radius 1 is 1.08 bits per heavy atom. The molecule has 3 amide bonds. The number of rotatable bonds is 3. The fourth-order valence-corrected chi connectivity index (χ4v) is 3.25. The summed E-state index contributed by atoms with van der Waals surface area (Å²) in [6.07, 6.45) is -3.07. The Morgan fingerprint density at radius 3 is 2.40 bits per heavy atom. The molecule has 25 heavy (non-hydrogen) atoms. The molecule has 0 spiro atoms. The molecule has 1 saturated heterocycles. The van der Waals surface area contributed by atoms with Gasteiger partial charge < -0.3 is 4.90 Å². The summed E-state index contributed by atoms with van der Waals surface area (Å²) in [5, 5.41) is 0. The van der Waals surface area contributed by atoms with Crippen molar-refractivity contribution in [3.05, 3.63) is 29.3 Å². The number of halogens is 3. The number of amides is 3. The van der Waals surface area contributed by atoms with E-state index in [1.54, 1.807) is 0 Å². The summed E-state index contributed by atoms with van der Waals surface area (Å²) in [4.78, 5) is 38.1. The van der Waals surface area contributed by atoms with E-state index < -0.39 is 11.7 Å². The highest BCUT2D eigenvalue weighted by atomic mass is 19.4. The molecule has 1 aromatic rings. The van der Waals surface area contributed by atoms with E-state index in [1.165, 1.54) is 11.0 Å². The third kappa shape index (κ3) is 3.52. The average Bonchev–Trinajstić information content (AvgIpc) is 2.89. The van der Waals surface area contributed by atoms with Gasteiger partial charge in [-0.15, -0.1) is 0 Å². The van der Waals surface area contributed by atoms with E-state index in [-0.39, 0.29) is 43.5 Å². The van der Waals surface area contributed by atoms with Gasteiger partial charge >= 0.3 is 6.18 Å². The molecular weight excluding hydrogens is 337 g/mol. The molecule has 0 aliphatic carbocycles. The largest absolute Gasteiger partial charge is 0.416 e. The fourth-order valence-electron chi connectivity index (χ4n) is 3.25. The summed E-state index contributed by atoms with van der Waals surface area (Å²) >= 11 is 0. The maximum atomic E-state index is 12.8. The van der Waals surface area contributed by atoms with Crippen LogP contribution in [0.25, 0.3) is 0 Å². The highest BCUT2D eigenvalue weighted by Crippen LogP contribution is 2.35. The second-order valence-electron chi connectivity index (χ2n) is 6.18. The number of hydrogen-bond acceptors (Lipinski definition) is 3. The van der Waals surface area contributed by atoms with Crippen LogP contribution in [-0.4, -0.2) is 35.7 Å². The Bertz CT molecular complexity index is 714. The highest BCUT2D eigenvalue weighted by Gasteiger charge is 2.33. The molecule has 134 valence electrons. The first-order valence-electron chi connectivity index (χ1n) is 8.11. The Balaban J connectivity index is 1.73. The molecule has 0 radical (unpaired) electrons. The molecule has 8 heteroatoms. The smallest absolute Gasteiger partial charge is 0.312 e. The maximum absolute atomic E-state index is 12.8. The first-order chi connectivity index (χ1) is 11.8. The van der Waals surface area contributed by atoms with Crippen LogP contribution in [-0.2, 0) is 27.0 Å². The van der Waals surface area contributed by atoms with Crippen LogP contribution >= 0.6 is 0 Å². The van der Waals surface area contributed by atoms with E-state index >= 15 is 0 Å². The Kier molecular flexibility index (Phi) is 4.53. The maximum Gasteiger partial charge on any atom is 0.416 e. The van der Waals surface area contributed by atoms with Gasteiger partial charge in [0.05, 0.1) is 5.56 Å². The van der Waals surface area contributed by atoms with Crippen molar-refractivity contribution in [3.63, 3.8) is 0 Å². The van der Waals surface area contributed by atoms with Gasteiger partial charge in [-0.2, -0.15) is 13.2 Å². The summed E-state index contributed by atoms with van der Waals surface area (Å²) < 4.78 is 38.5. The average molecular weight is 354 g/mol. The van der Waals surface area contributed by atoms with Crippen molar-refractivity contribution in [2.45, 2.75) is 38.3 Å². The van der Waals surface area contributed by atoms with Crippen LogP contribution in [0.5, 0.6) is 0 Å². The van der Waals surface area contributed by atoms with E-state index in [1.807, 2.05) is 0 Å². The van der Waals surface area contributed by atoms with Crippen LogP contribution in [0.1, 0.15) is 36.8 Å². The lowest BCUT2D eigenvalue weighted by atomic mass is 9.98. The Morgan fingerprint density at radius 2 is 1.76 bits per heavy atom. The molecule has 0 aromatic heterocycles.